The van der Waals surface area contributed by atoms with Gasteiger partial charge in [0.15, 0.2) is 0 Å². The molecule has 5 nitrogen and oxygen atoms in total. The summed E-state index contributed by atoms with van der Waals surface area (Å²) in [6.45, 7) is 0. The lowest BCUT2D eigenvalue weighted by molar-refractivity contribution is -0.137. The second kappa shape index (κ2) is 7.45. The minimum atomic E-state index is -0.957. The van der Waals surface area contributed by atoms with Crippen molar-refractivity contribution in [2.75, 3.05) is 19.4 Å². The van der Waals surface area contributed by atoms with Crippen LogP contribution in [0.1, 0.15) is 15.9 Å². The summed E-state index contributed by atoms with van der Waals surface area (Å²) in [4.78, 5) is 25.2. The van der Waals surface area contributed by atoms with Crippen molar-refractivity contribution in [3.05, 3.63) is 65.7 Å². The van der Waals surface area contributed by atoms with Crippen LogP contribution < -0.4 is 5.32 Å². The number of carbonyl (C=O) groups excluding carboxylic acids is 1. The molecule has 1 atom stereocenters. The Morgan fingerprint density at radius 3 is 2.26 bits per heavy atom. The summed E-state index contributed by atoms with van der Waals surface area (Å²) in [5.74, 6) is -1.13. The van der Waals surface area contributed by atoms with Gasteiger partial charge in [0.1, 0.15) is 6.04 Å². The average Bonchev–Trinajstić information content (AvgIpc) is 2.55. The first kappa shape index (κ1) is 16.5. The van der Waals surface area contributed by atoms with Crippen molar-refractivity contribution in [3.63, 3.8) is 0 Å². The zero-order valence-corrected chi connectivity index (χ0v) is 13.2. The lowest BCUT2D eigenvalue weighted by atomic mass is 10.0. The van der Waals surface area contributed by atoms with Crippen LogP contribution in [0.25, 0.3) is 0 Å². The van der Waals surface area contributed by atoms with Crippen LogP contribution in [0.2, 0.25) is 0 Å². The molecule has 0 radical (unpaired) electrons. The SMILES string of the molecule is CN(C)C(=O)c1ccccc1N[C@@H](Cc1ccccc1)C(=O)O. The molecule has 2 N–H and O–H groups in total. The van der Waals surface area contributed by atoms with E-state index in [4.69, 9.17) is 0 Å². The van der Waals surface area contributed by atoms with E-state index in [-0.39, 0.29) is 5.91 Å². The Morgan fingerprint density at radius 1 is 1.04 bits per heavy atom. The van der Waals surface area contributed by atoms with Crippen LogP contribution in [0.5, 0.6) is 0 Å². The molecule has 120 valence electrons. The van der Waals surface area contributed by atoms with Gasteiger partial charge in [-0.2, -0.15) is 0 Å². The monoisotopic (exact) mass is 312 g/mol. The van der Waals surface area contributed by atoms with Crippen molar-refractivity contribution in [2.45, 2.75) is 12.5 Å². The summed E-state index contributed by atoms with van der Waals surface area (Å²) < 4.78 is 0. The van der Waals surface area contributed by atoms with Crippen LogP contribution in [-0.2, 0) is 11.2 Å². The van der Waals surface area contributed by atoms with Crippen LogP contribution in [0.15, 0.2) is 54.6 Å². The number of para-hydroxylation sites is 1. The molecule has 0 aromatic heterocycles. The van der Waals surface area contributed by atoms with Crippen molar-refractivity contribution in [2.24, 2.45) is 0 Å². The van der Waals surface area contributed by atoms with E-state index < -0.39 is 12.0 Å². The minimum Gasteiger partial charge on any atom is -0.480 e. The van der Waals surface area contributed by atoms with Gasteiger partial charge in [-0.05, 0) is 17.7 Å². The largest absolute Gasteiger partial charge is 0.480 e. The predicted molar refractivity (Wildman–Crippen MR) is 89.7 cm³/mol. The van der Waals surface area contributed by atoms with Crippen molar-refractivity contribution >= 4 is 17.6 Å². The van der Waals surface area contributed by atoms with Gasteiger partial charge in [0.05, 0.1) is 5.56 Å². The number of amides is 1. The molecular formula is C18H20N2O3. The first-order chi connectivity index (χ1) is 11.0. The number of anilines is 1. The van der Waals surface area contributed by atoms with Gasteiger partial charge in [-0.15, -0.1) is 0 Å². The van der Waals surface area contributed by atoms with E-state index in [1.165, 1.54) is 4.90 Å². The number of nitrogens with one attached hydrogen (secondary N) is 1. The molecule has 5 heteroatoms. The fraction of sp³-hybridized carbons (Fsp3) is 0.222. The fourth-order valence-electron chi connectivity index (χ4n) is 2.27. The van der Waals surface area contributed by atoms with Gasteiger partial charge < -0.3 is 15.3 Å². The van der Waals surface area contributed by atoms with Crippen molar-refractivity contribution in [3.8, 4) is 0 Å². The summed E-state index contributed by atoms with van der Waals surface area (Å²) >= 11 is 0. The maximum absolute atomic E-state index is 12.2. The van der Waals surface area contributed by atoms with Crippen LogP contribution >= 0.6 is 0 Å². The molecular weight excluding hydrogens is 292 g/mol. The van der Waals surface area contributed by atoms with E-state index >= 15 is 0 Å². The van der Waals surface area contributed by atoms with E-state index in [2.05, 4.69) is 5.32 Å². The minimum absolute atomic E-state index is 0.169. The molecule has 0 aliphatic rings. The maximum atomic E-state index is 12.2. The second-order valence-electron chi connectivity index (χ2n) is 5.47. The van der Waals surface area contributed by atoms with Gasteiger partial charge in [-0.25, -0.2) is 4.79 Å². The molecule has 0 bridgehead atoms. The van der Waals surface area contributed by atoms with E-state index in [1.807, 2.05) is 30.3 Å². The van der Waals surface area contributed by atoms with Crippen molar-refractivity contribution < 1.29 is 14.7 Å². The number of aliphatic carboxylic acids is 1. The highest BCUT2D eigenvalue weighted by Crippen LogP contribution is 2.19. The summed E-state index contributed by atoms with van der Waals surface area (Å²) in [5, 5.41) is 12.5. The molecule has 1 amide bonds. The van der Waals surface area contributed by atoms with Crippen LogP contribution in [-0.4, -0.2) is 42.0 Å². The number of rotatable bonds is 6. The molecule has 0 spiro atoms. The van der Waals surface area contributed by atoms with Gasteiger partial charge in [0, 0.05) is 26.2 Å². The third-order valence-corrected chi connectivity index (χ3v) is 3.47. The lowest BCUT2D eigenvalue weighted by Gasteiger charge is -2.19. The third-order valence-electron chi connectivity index (χ3n) is 3.47. The zero-order chi connectivity index (χ0) is 16.8. The van der Waals surface area contributed by atoms with Crippen LogP contribution in [0, 0.1) is 0 Å². The standard InChI is InChI=1S/C18H20N2O3/c1-20(2)17(21)14-10-6-7-11-15(14)19-16(18(22)23)12-13-8-4-3-5-9-13/h3-11,16,19H,12H2,1-2H3,(H,22,23)/t16-/m0/s1. The molecule has 0 aliphatic carbocycles. The number of carboxylic acids is 1. The van der Waals surface area contributed by atoms with Gasteiger partial charge in [-0.1, -0.05) is 42.5 Å². The number of hydrogen-bond acceptors (Lipinski definition) is 3. The Bertz CT molecular complexity index is 684. The van der Waals surface area contributed by atoms with E-state index in [1.54, 1.807) is 38.4 Å². The predicted octanol–water partition coefficient (Wildman–Crippen LogP) is 2.50. The quantitative estimate of drug-likeness (QED) is 0.860. The summed E-state index contributed by atoms with van der Waals surface area (Å²) in [7, 11) is 3.33. The molecule has 0 heterocycles. The third kappa shape index (κ3) is 4.32. The van der Waals surface area contributed by atoms with E-state index in [0.717, 1.165) is 5.56 Å². The van der Waals surface area contributed by atoms with Crippen molar-refractivity contribution in [1.82, 2.24) is 4.90 Å². The van der Waals surface area contributed by atoms with Gasteiger partial charge >= 0.3 is 5.97 Å². The topological polar surface area (TPSA) is 69.6 Å². The molecule has 0 fully saturated rings. The number of hydrogen-bond donors (Lipinski definition) is 2. The number of carbonyl (C=O) groups is 2. The summed E-state index contributed by atoms with van der Waals surface area (Å²) in [5.41, 5.74) is 1.90. The number of carboxylic acid groups (broad SMARTS) is 1. The molecule has 0 saturated heterocycles. The fourth-order valence-corrected chi connectivity index (χ4v) is 2.27. The molecule has 0 unspecified atom stereocenters. The van der Waals surface area contributed by atoms with Crippen LogP contribution in [0.4, 0.5) is 5.69 Å². The Hall–Kier alpha value is -2.82. The van der Waals surface area contributed by atoms with Gasteiger partial charge in [0.2, 0.25) is 0 Å². The first-order valence-corrected chi connectivity index (χ1v) is 7.33. The van der Waals surface area contributed by atoms with Gasteiger partial charge in [0.25, 0.3) is 5.91 Å². The lowest BCUT2D eigenvalue weighted by Crippen LogP contribution is -2.33. The Balaban J connectivity index is 2.24. The molecule has 2 aromatic rings. The molecule has 0 aliphatic heterocycles. The zero-order valence-electron chi connectivity index (χ0n) is 13.2. The molecule has 0 saturated carbocycles. The van der Waals surface area contributed by atoms with E-state index in [9.17, 15) is 14.7 Å². The highest BCUT2D eigenvalue weighted by molar-refractivity contribution is 5.99. The summed E-state index contributed by atoms with van der Waals surface area (Å²) in [6, 6.07) is 15.5. The van der Waals surface area contributed by atoms with E-state index in [0.29, 0.717) is 17.7 Å². The van der Waals surface area contributed by atoms with Crippen molar-refractivity contribution in [1.29, 1.82) is 0 Å². The number of benzene rings is 2. The number of nitrogens with zero attached hydrogens (tertiary/aromatic N) is 1. The Morgan fingerprint density at radius 2 is 1.65 bits per heavy atom. The highest BCUT2D eigenvalue weighted by Gasteiger charge is 2.21. The second-order valence-corrected chi connectivity index (χ2v) is 5.47. The molecule has 2 rings (SSSR count). The first-order valence-electron chi connectivity index (χ1n) is 7.33. The average molecular weight is 312 g/mol. The normalized spacial score (nSPS) is 11.6. The maximum Gasteiger partial charge on any atom is 0.326 e. The molecule has 2 aromatic carbocycles. The smallest absolute Gasteiger partial charge is 0.326 e. The summed E-state index contributed by atoms with van der Waals surface area (Å²) in [6.07, 6.45) is 0.334. The highest BCUT2D eigenvalue weighted by atomic mass is 16.4. The Labute approximate surface area is 135 Å². The van der Waals surface area contributed by atoms with Crippen LogP contribution in [0.3, 0.4) is 0 Å². The molecule has 23 heavy (non-hydrogen) atoms. The Kier molecular flexibility index (Phi) is 5.36. The van der Waals surface area contributed by atoms with Gasteiger partial charge in [-0.3, -0.25) is 4.79 Å².